The topological polar surface area (TPSA) is 104 Å². The van der Waals surface area contributed by atoms with Gasteiger partial charge in [-0.3, -0.25) is 0 Å². The lowest BCUT2D eigenvalue weighted by Crippen LogP contribution is -2.10. The fraction of sp³-hybridized carbons (Fsp3) is 0. The van der Waals surface area contributed by atoms with Crippen LogP contribution in [0.1, 0.15) is 10.4 Å². The molecule has 0 aliphatic carbocycles. The van der Waals surface area contributed by atoms with Crippen molar-refractivity contribution < 1.29 is 9.63 Å². The minimum absolute atomic E-state index is 0.282. The number of nitrogen functional groups attached to an aromatic ring is 2. The minimum Gasteiger partial charge on any atom is -0.397 e. The molecule has 0 aliphatic heterocycles. The van der Waals surface area contributed by atoms with Crippen molar-refractivity contribution in [3.05, 3.63) is 23.8 Å². The monoisotopic (exact) mass is 167 g/mol. The summed E-state index contributed by atoms with van der Waals surface area (Å²) in [7, 11) is 0. The number of hydrogen-bond acceptors (Lipinski definition) is 5. The van der Waals surface area contributed by atoms with Crippen molar-refractivity contribution in [2.45, 2.75) is 0 Å². The van der Waals surface area contributed by atoms with Crippen molar-refractivity contribution >= 4 is 17.3 Å². The van der Waals surface area contributed by atoms with Crippen LogP contribution in [0.4, 0.5) is 11.4 Å². The highest BCUT2D eigenvalue weighted by atomic mass is 16.7. The second-order valence-electron chi connectivity index (χ2n) is 2.25. The minimum atomic E-state index is -0.637. The van der Waals surface area contributed by atoms with Gasteiger partial charge in [-0.15, -0.1) is 0 Å². The van der Waals surface area contributed by atoms with Gasteiger partial charge < -0.3 is 16.3 Å². The van der Waals surface area contributed by atoms with Gasteiger partial charge in [0.2, 0.25) is 0 Å². The van der Waals surface area contributed by atoms with E-state index in [1.807, 2.05) is 0 Å². The predicted octanol–water partition coefficient (Wildman–Crippen LogP) is -0.119. The molecule has 64 valence electrons. The Morgan fingerprint density at radius 2 is 1.92 bits per heavy atom. The summed E-state index contributed by atoms with van der Waals surface area (Å²) < 4.78 is 0. The quantitative estimate of drug-likeness (QED) is 0.399. The van der Waals surface area contributed by atoms with Gasteiger partial charge in [0, 0.05) is 0 Å². The van der Waals surface area contributed by atoms with Crippen molar-refractivity contribution in [2.75, 3.05) is 11.5 Å². The average Bonchev–Trinajstić information content (AvgIpc) is 2.08. The highest BCUT2D eigenvalue weighted by Crippen LogP contribution is 2.15. The van der Waals surface area contributed by atoms with E-state index < -0.39 is 5.97 Å². The Bertz CT molecular complexity index is 312. The molecule has 0 unspecified atom stereocenters. The summed E-state index contributed by atoms with van der Waals surface area (Å²) in [6.45, 7) is 0. The first-order chi connectivity index (χ1) is 5.65. The van der Waals surface area contributed by atoms with E-state index in [0.29, 0.717) is 11.4 Å². The lowest BCUT2D eigenvalue weighted by molar-refractivity contribution is 0.0503. The molecular weight excluding hydrogens is 158 g/mol. The van der Waals surface area contributed by atoms with Crippen LogP contribution in [0.2, 0.25) is 0 Å². The Balaban J connectivity index is 3.05. The zero-order chi connectivity index (χ0) is 9.14. The predicted molar refractivity (Wildman–Crippen MR) is 44.9 cm³/mol. The molecule has 0 aromatic heterocycles. The van der Waals surface area contributed by atoms with E-state index in [1.54, 1.807) is 0 Å². The third kappa shape index (κ3) is 1.46. The van der Waals surface area contributed by atoms with E-state index in [4.69, 9.17) is 11.5 Å². The Kier molecular flexibility index (Phi) is 2.16. The summed E-state index contributed by atoms with van der Waals surface area (Å²) in [6, 6.07) is 4.41. The van der Waals surface area contributed by atoms with E-state index in [-0.39, 0.29) is 5.56 Å². The second kappa shape index (κ2) is 3.10. The number of hydrogen-bond donors (Lipinski definition) is 3. The number of carbonyl (C=O) groups excluding carboxylic acids is 1. The Morgan fingerprint density at radius 3 is 2.42 bits per heavy atom. The second-order valence-corrected chi connectivity index (χ2v) is 2.25. The van der Waals surface area contributed by atoms with Gasteiger partial charge >= 0.3 is 5.97 Å². The lowest BCUT2D eigenvalue weighted by atomic mass is 10.2. The summed E-state index contributed by atoms with van der Waals surface area (Å²) >= 11 is 0. The smallest absolute Gasteiger partial charge is 0.356 e. The molecule has 0 saturated carbocycles. The van der Waals surface area contributed by atoms with E-state index in [2.05, 4.69) is 10.7 Å². The van der Waals surface area contributed by atoms with Gasteiger partial charge in [0.05, 0.1) is 16.9 Å². The first-order valence-electron chi connectivity index (χ1n) is 3.21. The van der Waals surface area contributed by atoms with Crippen molar-refractivity contribution in [1.82, 2.24) is 0 Å². The summed E-state index contributed by atoms with van der Waals surface area (Å²) in [5.74, 6) is 4.03. The molecule has 5 nitrogen and oxygen atoms in total. The zero-order valence-corrected chi connectivity index (χ0v) is 6.28. The van der Waals surface area contributed by atoms with Crippen LogP contribution in [0.15, 0.2) is 18.2 Å². The molecule has 6 N–H and O–H groups in total. The maximum absolute atomic E-state index is 10.8. The molecule has 1 aromatic carbocycles. The molecule has 0 aliphatic rings. The van der Waals surface area contributed by atoms with E-state index in [1.165, 1.54) is 18.2 Å². The molecule has 0 saturated heterocycles. The van der Waals surface area contributed by atoms with E-state index in [0.717, 1.165) is 0 Å². The normalized spacial score (nSPS) is 9.42. The number of nitrogens with two attached hydrogens (primary N) is 3. The standard InChI is InChI=1S/C7H9N3O2/c8-5-2-1-4(3-6(5)9)7(11)12-10/h1-3H,8-10H2. The highest BCUT2D eigenvalue weighted by molar-refractivity contribution is 5.91. The van der Waals surface area contributed by atoms with Gasteiger partial charge in [-0.1, -0.05) is 0 Å². The third-order valence-electron chi connectivity index (χ3n) is 1.43. The van der Waals surface area contributed by atoms with Crippen LogP contribution in [0.5, 0.6) is 0 Å². The number of anilines is 2. The first kappa shape index (κ1) is 8.35. The fourth-order valence-electron chi connectivity index (χ4n) is 0.770. The summed E-state index contributed by atoms with van der Waals surface area (Å²) in [4.78, 5) is 14.8. The third-order valence-corrected chi connectivity index (χ3v) is 1.43. The van der Waals surface area contributed by atoms with Crippen LogP contribution in [0.25, 0.3) is 0 Å². The average molecular weight is 167 g/mol. The molecule has 0 bridgehead atoms. The van der Waals surface area contributed by atoms with Gasteiger partial charge in [-0.25, -0.2) is 4.79 Å². The van der Waals surface area contributed by atoms with Crippen LogP contribution in [0.3, 0.4) is 0 Å². The molecule has 0 heterocycles. The maximum Gasteiger partial charge on any atom is 0.356 e. The van der Waals surface area contributed by atoms with Gasteiger partial charge in [0.15, 0.2) is 0 Å². The van der Waals surface area contributed by atoms with Crippen LogP contribution >= 0.6 is 0 Å². The highest BCUT2D eigenvalue weighted by Gasteiger charge is 2.06. The molecule has 5 heteroatoms. The van der Waals surface area contributed by atoms with Crippen LogP contribution in [0, 0.1) is 0 Å². The van der Waals surface area contributed by atoms with Gasteiger partial charge in [-0.2, -0.15) is 5.90 Å². The molecule has 1 rings (SSSR count). The molecule has 12 heavy (non-hydrogen) atoms. The molecule has 0 amide bonds. The number of rotatable bonds is 1. The maximum atomic E-state index is 10.8. The van der Waals surface area contributed by atoms with E-state index >= 15 is 0 Å². The summed E-state index contributed by atoms with van der Waals surface area (Å²) in [5, 5.41) is 0. The van der Waals surface area contributed by atoms with Gasteiger partial charge in [0.1, 0.15) is 0 Å². The van der Waals surface area contributed by atoms with Crippen LogP contribution in [-0.4, -0.2) is 5.97 Å². The zero-order valence-electron chi connectivity index (χ0n) is 6.28. The molecule has 0 fully saturated rings. The molecule has 1 aromatic rings. The molecule has 0 spiro atoms. The number of benzene rings is 1. The SMILES string of the molecule is NOC(=O)c1ccc(N)c(N)c1. The summed E-state index contributed by atoms with van der Waals surface area (Å²) in [6.07, 6.45) is 0. The Hall–Kier alpha value is -1.75. The van der Waals surface area contributed by atoms with Gasteiger partial charge in [0.25, 0.3) is 0 Å². The molecule has 0 radical (unpaired) electrons. The largest absolute Gasteiger partial charge is 0.397 e. The van der Waals surface area contributed by atoms with Crippen molar-refractivity contribution in [3.63, 3.8) is 0 Å². The van der Waals surface area contributed by atoms with E-state index in [9.17, 15) is 4.79 Å². The lowest BCUT2D eigenvalue weighted by Gasteiger charge is -2.01. The molecular formula is C7H9N3O2. The Labute approximate surface area is 69.0 Å². The summed E-state index contributed by atoms with van der Waals surface area (Å²) in [5.41, 5.74) is 11.9. The van der Waals surface area contributed by atoms with Crippen molar-refractivity contribution in [3.8, 4) is 0 Å². The van der Waals surface area contributed by atoms with Crippen molar-refractivity contribution in [2.24, 2.45) is 5.90 Å². The fourth-order valence-corrected chi connectivity index (χ4v) is 0.770. The van der Waals surface area contributed by atoms with Gasteiger partial charge in [-0.05, 0) is 18.2 Å². The Morgan fingerprint density at radius 1 is 1.25 bits per heavy atom. The van der Waals surface area contributed by atoms with Crippen LogP contribution in [-0.2, 0) is 4.84 Å². The first-order valence-corrected chi connectivity index (χ1v) is 3.21. The number of carbonyl (C=O) groups is 1. The van der Waals surface area contributed by atoms with Crippen molar-refractivity contribution in [1.29, 1.82) is 0 Å². The molecule has 0 atom stereocenters. The van der Waals surface area contributed by atoms with Crippen LogP contribution < -0.4 is 17.4 Å².